The zero-order chi connectivity index (χ0) is 7.61. The average molecular weight is 252 g/mol. The molecule has 0 heterocycles. The molecule has 1 rings (SSSR count). The molecule has 0 aromatic heterocycles. The van der Waals surface area contributed by atoms with Crippen molar-refractivity contribution < 1.29 is 0 Å². The Morgan fingerprint density at radius 2 is 1.60 bits per heavy atom. The van der Waals surface area contributed by atoms with Crippen LogP contribution in [0.15, 0.2) is 0 Å². The van der Waals surface area contributed by atoms with Crippen LogP contribution in [0.25, 0.3) is 0 Å². The van der Waals surface area contributed by atoms with E-state index in [9.17, 15) is 0 Å². The molecule has 0 atom stereocenters. The third-order valence-electron chi connectivity index (χ3n) is 2.72. The molecular formula is C9H17I. The fourth-order valence-corrected chi connectivity index (χ4v) is 2.48. The van der Waals surface area contributed by atoms with Crippen LogP contribution in [0.3, 0.4) is 0 Å². The van der Waals surface area contributed by atoms with Gasteiger partial charge in [-0.15, -0.1) is 0 Å². The highest BCUT2D eigenvalue weighted by Gasteiger charge is 2.31. The van der Waals surface area contributed by atoms with Crippen molar-refractivity contribution >= 4 is 22.6 Å². The minimum absolute atomic E-state index is 0.649. The van der Waals surface area contributed by atoms with Crippen LogP contribution in [-0.2, 0) is 0 Å². The molecule has 1 fully saturated rings. The van der Waals surface area contributed by atoms with Crippen molar-refractivity contribution in [3.8, 4) is 0 Å². The Balaban J connectivity index is 2.48. The van der Waals surface area contributed by atoms with Gasteiger partial charge in [0.25, 0.3) is 0 Å². The van der Waals surface area contributed by atoms with Crippen molar-refractivity contribution in [3.05, 3.63) is 0 Å². The number of rotatable bonds is 1. The maximum Gasteiger partial charge on any atom is 0.0245 e. The van der Waals surface area contributed by atoms with E-state index >= 15 is 0 Å². The topological polar surface area (TPSA) is 0 Å². The molecule has 1 heteroatoms. The normalized spacial score (nSPS) is 25.2. The van der Waals surface area contributed by atoms with Gasteiger partial charge in [-0.1, -0.05) is 55.7 Å². The van der Waals surface area contributed by atoms with Gasteiger partial charge in [0.1, 0.15) is 0 Å². The van der Waals surface area contributed by atoms with Crippen LogP contribution in [-0.4, -0.2) is 3.42 Å². The lowest BCUT2D eigenvalue weighted by molar-refractivity contribution is 0.338. The van der Waals surface area contributed by atoms with Crippen molar-refractivity contribution in [2.45, 2.75) is 49.4 Å². The predicted octanol–water partition coefficient (Wildman–Crippen LogP) is 3.78. The molecule has 60 valence electrons. The van der Waals surface area contributed by atoms with E-state index in [1.807, 2.05) is 0 Å². The van der Waals surface area contributed by atoms with Gasteiger partial charge in [-0.25, -0.2) is 0 Å². The lowest BCUT2D eigenvalue weighted by Gasteiger charge is -2.35. The molecule has 0 N–H and O–H groups in total. The largest absolute Gasteiger partial charge is 0.0786 e. The first-order chi connectivity index (χ1) is 4.65. The molecule has 0 radical (unpaired) electrons. The Labute approximate surface area is 77.9 Å². The Morgan fingerprint density at radius 1 is 1.10 bits per heavy atom. The van der Waals surface area contributed by atoms with Gasteiger partial charge >= 0.3 is 0 Å². The molecule has 0 unspecified atom stereocenters. The van der Waals surface area contributed by atoms with Crippen LogP contribution >= 0.6 is 22.6 Å². The summed E-state index contributed by atoms with van der Waals surface area (Å²) in [4.78, 5) is 0. The fraction of sp³-hybridized carbons (Fsp3) is 1.00. The van der Waals surface area contributed by atoms with E-state index in [1.165, 1.54) is 32.1 Å². The van der Waals surface area contributed by atoms with Gasteiger partial charge in [0.05, 0.1) is 0 Å². The van der Waals surface area contributed by atoms with Crippen molar-refractivity contribution in [2.24, 2.45) is 5.92 Å². The van der Waals surface area contributed by atoms with Crippen molar-refractivity contribution in [1.29, 1.82) is 0 Å². The Kier molecular flexibility index (Phi) is 3.02. The number of hydrogen-bond donors (Lipinski definition) is 0. The minimum atomic E-state index is 0.649. The SMILES string of the molecule is CC(C)C1(I)CCCCC1. The fourth-order valence-electron chi connectivity index (χ4n) is 1.72. The van der Waals surface area contributed by atoms with Crippen molar-refractivity contribution in [1.82, 2.24) is 0 Å². The number of alkyl halides is 1. The Morgan fingerprint density at radius 3 is 1.90 bits per heavy atom. The van der Waals surface area contributed by atoms with E-state index in [0.717, 1.165) is 5.92 Å². The van der Waals surface area contributed by atoms with E-state index in [2.05, 4.69) is 36.4 Å². The molecule has 0 nitrogen and oxygen atoms in total. The van der Waals surface area contributed by atoms with Crippen molar-refractivity contribution in [3.63, 3.8) is 0 Å². The number of halogens is 1. The summed E-state index contributed by atoms with van der Waals surface area (Å²) >= 11 is 2.68. The van der Waals surface area contributed by atoms with Gasteiger partial charge in [-0.3, -0.25) is 0 Å². The smallest absolute Gasteiger partial charge is 0.0245 e. The Bertz CT molecular complexity index is 101. The summed E-state index contributed by atoms with van der Waals surface area (Å²) in [5.41, 5.74) is 0. The zero-order valence-electron chi connectivity index (χ0n) is 6.99. The third-order valence-corrected chi connectivity index (χ3v) is 5.04. The molecule has 1 saturated carbocycles. The molecule has 0 aliphatic heterocycles. The van der Waals surface area contributed by atoms with Crippen LogP contribution < -0.4 is 0 Å². The van der Waals surface area contributed by atoms with Crippen molar-refractivity contribution in [2.75, 3.05) is 0 Å². The molecule has 0 amide bonds. The van der Waals surface area contributed by atoms with E-state index < -0.39 is 0 Å². The van der Waals surface area contributed by atoms with Gasteiger partial charge in [0, 0.05) is 3.42 Å². The van der Waals surface area contributed by atoms with E-state index in [1.54, 1.807) is 0 Å². The highest BCUT2D eigenvalue weighted by atomic mass is 127. The summed E-state index contributed by atoms with van der Waals surface area (Å²) in [7, 11) is 0. The molecule has 10 heavy (non-hydrogen) atoms. The highest BCUT2D eigenvalue weighted by Crippen LogP contribution is 2.41. The summed E-state index contributed by atoms with van der Waals surface area (Å²) in [6, 6.07) is 0. The number of hydrogen-bond acceptors (Lipinski definition) is 0. The molecule has 0 spiro atoms. The third kappa shape index (κ3) is 1.86. The van der Waals surface area contributed by atoms with E-state index in [-0.39, 0.29) is 0 Å². The van der Waals surface area contributed by atoms with E-state index in [0.29, 0.717) is 3.42 Å². The molecule has 0 aromatic carbocycles. The zero-order valence-corrected chi connectivity index (χ0v) is 9.15. The standard InChI is InChI=1S/C9H17I/c1-8(2)9(10)6-4-3-5-7-9/h8H,3-7H2,1-2H3. The van der Waals surface area contributed by atoms with Crippen LogP contribution in [0.4, 0.5) is 0 Å². The highest BCUT2D eigenvalue weighted by molar-refractivity contribution is 14.1. The van der Waals surface area contributed by atoms with Crippen LogP contribution in [0, 0.1) is 5.92 Å². The molecule has 0 saturated heterocycles. The summed E-state index contributed by atoms with van der Waals surface area (Å²) in [6.45, 7) is 4.72. The van der Waals surface area contributed by atoms with Gasteiger partial charge in [-0.2, -0.15) is 0 Å². The van der Waals surface area contributed by atoms with Gasteiger partial charge in [0.15, 0.2) is 0 Å². The molecular weight excluding hydrogens is 235 g/mol. The quantitative estimate of drug-likeness (QED) is 0.492. The summed E-state index contributed by atoms with van der Waals surface area (Å²) in [5, 5.41) is 0. The van der Waals surface area contributed by atoms with Gasteiger partial charge in [-0.05, 0) is 18.8 Å². The first-order valence-electron chi connectivity index (χ1n) is 4.34. The van der Waals surface area contributed by atoms with Crippen LogP contribution in [0.5, 0.6) is 0 Å². The summed E-state index contributed by atoms with van der Waals surface area (Å²) < 4.78 is 0.649. The van der Waals surface area contributed by atoms with E-state index in [4.69, 9.17) is 0 Å². The lowest BCUT2D eigenvalue weighted by Crippen LogP contribution is -2.29. The summed E-state index contributed by atoms with van der Waals surface area (Å²) in [5.74, 6) is 0.869. The van der Waals surface area contributed by atoms with Crippen LogP contribution in [0.1, 0.15) is 46.0 Å². The van der Waals surface area contributed by atoms with Gasteiger partial charge < -0.3 is 0 Å². The lowest BCUT2D eigenvalue weighted by atomic mass is 9.82. The average Bonchev–Trinajstić information content (AvgIpc) is 1.89. The second kappa shape index (κ2) is 3.42. The molecule has 0 aromatic rings. The second-order valence-corrected chi connectivity index (χ2v) is 5.90. The molecule has 1 aliphatic carbocycles. The predicted molar refractivity (Wildman–Crippen MR) is 54.7 cm³/mol. The first kappa shape index (κ1) is 8.82. The minimum Gasteiger partial charge on any atom is -0.0786 e. The second-order valence-electron chi connectivity index (χ2n) is 3.75. The molecule has 1 aliphatic rings. The van der Waals surface area contributed by atoms with Crippen LogP contribution in [0.2, 0.25) is 0 Å². The Hall–Kier alpha value is 0.730. The monoisotopic (exact) mass is 252 g/mol. The summed E-state index contributed by atoms with van der Waals surface area (Å²) in [6.07, 6.45) is 7.29. The molecule has 0 bridgehead atoms. The maximum atomic E-state index is 2.68. The first-order valence-corrected chi connectivity index (χ1v) is 5.42. The van der Waals surface area contributed by atoms with Gasteiger partial charge in [0.2, 0.25) is 0 Å². The maximum absolute atomic E-state index is 2.68.